The lowest BCUT2D eigenvalue weighted by molar-refractivity contribution is -0.0547. The first-order chi connectivity index (χ1) is 42.6. The van der Waals surface area contributed by atoms with Crippen LogP contribution in [0.1, 0.15) is 69.1 Å². The van der Waals surface area contributed by atoms with Gasteiger partial charge in [0.2, 0.25) is 5.78 Å². The molecule has 90 heavy (non-hydrogen) atoms. The fraction of sp³-hybridized carbons (Fsp3) is 0.288. The second kappa shape index (κ2) is 35.2. The second-order valence-electron chi connectivity index (χ2n) is 20.6. The number of carbonyl (C=O) groups excluding carboxylic acids is 2. The van der Waals surface area contributed by atoms with Crippen LogP contribution in [0.15, 0.2) is 139 Å². The lowest BCUT2D eigenvalue weighted by Crippen LogP contribution is -2.52. The van der Waals surface area contributed by atoms with Gasteiger partial charge < -0.3 is 49.3 Å². The molecule has 0 bridgehead atoms. The van der Waals surface area contributed by atoms with Crippen LogP contribution in [0.3, 0.4) is 0 Å². The Balaban J connectivity index is 0.000000231. The summed E-state index contributed by atoms with van der Waals surface area (Å²) in [6, 6.07) is 33.7. The Morgan fingerprint density at radius 3 is 1.79 bits per heavy atom. The number of ketones is 1. The van der Waals surface area contributed by atoms with E-state index in [4.69, 9.17) is 57.6 Å². The van der Waals surface area contributed by atoms with Crippen molar-refractivity contribution in [2.24, 2.45) is 11.1 Å². The molecule has 0 radical (unpaired) electrons. The quantitative estimate of drug-likeness (QED) is 0.0166. The van der Waals surface area contributed by atoms with Crippen molar-refractivity contribution < 1.29 is 51.7 Å². The summed E-state index contributed by atoms with van der Waals surface area (Å²) in [6.45, 7) is 13.4. The van der Waals surface area contributed by atoms with E-state index in [2.05, 4.69) is 69.6 Å². The molecule has 6 aromatic carbocycles. The van der Waals surface area contributed by atoms with Crippen LogP contribution in [0.4, 0.5) is 36.6 Å². The van der Waals surface area contributed by atoms with E-state index in [0.717, 1.165) is 23.0 Å². The number of carbonyl (C=O) groups is 2. The van der Waals surface area contributed by atoms with Crippen LogP contribution in [0.5, 0.6) is 11.5 Å². The average Bonchev–Trinajstić information content (AvgIpc) is 1.16. The van der Waals surface area contributed by atoms with Gasteiger partial charge in [0.1, 0.15) is 72.8 Å². The molecule has 0 saturated carbocycles. The van der Waals surface area contributed by atoms with E-state index >= 15 is 0 Å². The largest absolute Gasteiger partial charge is 0.487 e. The number of hydrogen-bond donors (Lipinski definition) is 4. The van der Waals surface area contributed by atoms with E-state index in [9.17, 15) is 18.4 Å². The number of amides is 1. The molecule has 5 N–H and O–H groups in total. The number of oxime groups is 1. The molecule has 2 atom stereocenters. The van der Waals surface area contributed by atoms with Gasteiger partial charge in [-0.25, -0.2) is 39.4 Å². The predicted octanol–water partition coefficient (Wildman–Crippen LogP) is 13.2. The van der Waals surface area contributed by atoms with Gasteiger partial charge in [0.25, 0.3) is 0 Å². The van der Waals surface area contributed by atoms with Crippen LogP contribution in [0.25, 0.3) is 21.8 Å². The molecule has 472 valence electrons. The van der Waals surface area contributed by atoms with Crippen molar-refractivity contribution in [2.45, 2.75) is 72.9 Å². The molecule has 10 rings (SSSR count). The van der Waals surface area contributed by atoms with Gasteiger partial charge in [0.05, 0.1) is 66.2 Å². The van der Waals surface area contributed by atoms with Crippen molar-refractivity contribution >= 4 is 110 Å². The third-order valence-electron chi connectivity index (χ3n) is 12.8. The molecular weight excluding hydrogens is 1310 g/mol. The summed E-state index contributed by atoms with van der Waals surface area (Å²) >= 11 is 12.9. The number of halogens is 5. The fourth-order valence-corrected chi connectivity index (χ4v) is 9.15. The Labute approximate surface area is 548 Å². The Morgan fingerprint density at radius 1 is 0.722 bits per heavy atom. The average molecular weight is 1380 g/mol. The van der Waals surface area contributed by atoms with Crippen molar-refractivity contribution in [3.8, 4) is 35.2 Å². The van der Waals surface area contributed by atoms with Crippen molar-refractivity contribution in [1.82, 2.24) is 30.2 Å². The highest BCUT2D eigenvalue weighted by Gasteiger charge is 2.31. The molecule has 24 heteroatoms. The zero-order valence-electron chi connectivity index (χ0n) is 49.3. The number of nitrogens with two attached hydrogens (primary N) is 1. The highest BCUT2D eigenvalue weighted by molar-refractivity contribution is 14.0. The minimum atomic E-state index is -0.497. The maximum absolute atomic E-state index is 13.4. The van der Waals surface area contributed by atoms with Gasteiger partial charge in [-0.15, -0.1) is 24.0 Å². The van der Waals surface area contributed by atoms with Crippen molar-refractivity contribution in [3.05, 3.63) is 178 Å². The van der Waals surface area contributed by atoms with Gasteiger partial charge >= 0.3 is 6.09 Å². The molecule has 19 nitrogen and oxygen atoms in total. The van der Waals surface area contributed by atoms with Crippen LogP contribution in [0, 0.1) is 35.3 Å². The predicted molar refractivity (Wildman–Crippen MR) is 356 cm³/mol. The first-order valence-corrected chi connectivity index (χ1v) is 28.5. The molecule has 0 unspecified atom stereocenters. The smallest absolute Gasteiger partial charge is 0.410 e. The highest BCUT2D eigenvalue weighted by atomic mass is 127. The standard InChI is InChI=1S/C30H27ClFN5O3.C25H17ClFN3O2.C10H20N2O4.CH4.HI/c1-2-4-27(37-40-18-24-17-38-12-11-33-24)21-7-9-28-25(14-21)30(35-19-34-28)36-23-8-10-29(26(31)15-23)39-16-20-5-3-6-22(32)13-20;1-2-4-23(31)17-7-9-22-20(12-17)25(29-15-28-22)30-19-8-10-24(21(26)13-19)32-14-16-5-3-6-18(27)11-16;1-10(2,3)16-9(13)12-4-5-14-6-8(12)7-15-11;;/h3,5-10,13-15,19,24,33H,11-12,16-18H2,1H3,(H,34,35,36);3,5-13,15H,14H2,1H3,(H,28,29,30);8H,4-7,11H2,1-3H3;1H4;1H/b37-27+;;;;/t24-;;8-;;/m1.1../s1. The van der Waals surface area contributed by atoms with Crippen molar-refractivity contribution in [1.29, 1.82) is 0 Å². The van der Waals surface area contributed by atoms with Gasteiger partial charge in [0, 0.05) is 46.4 Å². The molecule has 0 spiro atoms. The lowest BCUT2D eigenvalue weighted by Gasteiger charge is -2.35. The summed E-state index contributed by atoms with van der Waals surface area (Å²) in [5, 5.41) is 16.4. The van der Waals surface area contributed by atoms with E-state index in [1.807, 2.05) is 45.0 Å². The molecule has 2 aliphatic heterocycles. The summed E-state index contributed by atoms with van der Waals surface area (Å²) < 4.78 is 54.3. The van der Waals surface area contributed by atoms with Gasteiger partial charge in [-0.05, 0) is 155 Å². The number of benzene rings is 6. The van der Waals surface area contributed by atoms with Crippen LogP contribution >= 0.6 is 47.2 Å². The highest BCUT2D eigenvalue weighted by Crippen LogP contribution is 2.33. The lowest BCUT2D eigenvalue weighted by atomic mass is 10.1. The molecular formula is C66H69Cl2F2IN10O9. The Hall–Kier alpha value is -8.30. The normalized spacial score (nSPS) is 14.4. The Bertz CT molecular complexity index is 3890. The number of morpholine rings is 2. The fourth-order valence-electron chi connectivity index (χ4n) is 8.68. The molecule has 8 aromatic rings. The summed E-state index contributed by atoms with van der Waals surface area (Å²) in [7, 11) is 0. The number of rotatable bonds is 17. The molecule has 2 fully saturated rings. The van der Waals surface area contributed by atoms with Gasteiger partial charge in [-0.2, -0.15) is 0 Å². The summed E-state index contributed by atoms with van der Waals surface area (Å²) in [4.78, 5) is 53.2. The van der Waals surface area contributed by atoms with E-state index in [0.29, 0.717) is 117 Å². The topological polar surface area (TPSA) is 228 Å². The number of nitrogens with zero attached hydrogens (tertiary/aromatic N) is 6. The molecule has 4 heterocycles. The van der Waals surface area contributed by atoms with E-state index in [-0.39, 0.29) is 86.8 Å². The summed E-state index contributed by atoms with van der Waals surface area (Å²) in [5.74, 6) is 17.2. The molecule has 2 aliphatic rings. The monoisotopic (exact) mass is 1380 g/mol. The SMILES string of the molecule is C.CC#C/C(=N\OC[C@H]1COCCN1)c1ccc2ncnc(Nc3ccc(OCc4cccc(F)c4)c(Cl)c3)c2c1.CC#CC(=O)c1ccc2ncnc(Nc3ccc(OCc4cccc(F)c4)c(Cl)c3)c2c1.CC(C)(C)OC(=O)N1CCOC[C@@H]1CON.I. The van der Waals surface area contributed by atoms with Crippen LogP contribution in [-0.2, 0) is 37.1 Å². The number of ether oxygens (including phenoxy) is 5. The minimum Gasteiger partial charge on any atom is -0.487 e. The molecule has 2 saturated heterocycles. The van der Waals surface area contributed by atoms with Crippen LogP contribution in [-0.4, -0.2) is 113 Å². The zero-order valence-corrected chi connectivity index (χ0v) is 53.1. The van der Waals surface area contributed by atoms with Crippen LogP contribution < -0.4 is 31.3 Å². The number of fused-ring (bicyclic) bond motifs is 2. The minimum absolute atomic E-state index is 0. The number of nitrogens with one attached hydrogen (secondary N) is 3. The first-order valence-electron chi connectivity index (χ1n) is 27.7. The molecule has 0 aliphatic carbocycles. The van der Waals surface area contributed by atoms with E-state index in [1.165, 1.54) is 36.9 Å². The Morgan fingerprint density at radius 2 is 1.28 bits per heavy atom. The summed E-state index contributed by atoms with van der Waals surface area (Å²) in [6.07, 6.45) is 2.58. The molecule has 2 aromatic heterocycles. The van der Waals surface area contributed by atoms with Crippen molar-refractivity contribution in [3.63, 3.8) is 0 Å². The number of hydrogen-bond acceptors (Lipinski definition) is 18. The van der Waals surface area contributed by atoms with Crippen molar-refractivity contribution in [2.75, 3.05) is 63.4 Å². The Kier molecular flexibility index (Phi) is 27.7. The summed E-state index contributed by atoms with van der Waals surface area (Å²) in [5.41, 5.74) is 5.47. The van der Waals surface area contributed by atoms with Gasteiger partial charge in [0.15, 0.2) is 5.71 Å². The maximum atomic E-state index is 13.4. The van der Waals surface area contributed by atoms with Gasteiger partial charge in [-0.1, -0.05) is 71.9 Å². The zero-order chi connectivity index (χ0) is 62.4. The number of anilines is 4. The molecule has 1 amide bonds. The number of Topliss-reactive ketones (excluding diaryl/α,β-unsaturated/α-hetero) is 1. The maximum Gasteiger partial charge on any atom is 0.410 e. The van der Waals surface area contributed by atoms with E-state index < -0.39 is 5.60 Å². The van der Waals surface area contributed by atoms with Crippen LogP contribution in [0.2, 0.25) is 10.0 Å². The van der Waals surface area contributed by atoms with E-state index in [1.54, 1.807) is 91.5 Å². The third kappa shape index (κ3) is 21.2. The first kappa shape index (κ1) is 70.8. The number of aromatic nitrogens is 4. The second-order valence-corrected chi connectivity index (χ2v) is 21.4. The third-order valence-corrected chi connectivity index (χ3v) is 13.4. The van der Waals surface area contributed by atoms with Gasteiger partial charge in [-0.3, -0.25) is 9.69 Å².